The van der Waals surface area contributed by atoms with Crippen LogP contribution < -0.4 is 0 Å². The van der Waals surface area contributed by atoms with Crippen molar-refractivity contribution in [3.05, 3.63) is 21.4 Å². The molecule has 1 heterocycles. The van der Waals surface area contributed by atoms with Gasteiger partial charge in [-0.05, 0) is 38.3 Å². The summed E-state index contributed by atoms with van der Waals surface area (Å²) >= 11 is 1.77. The Morgan fingerprint density at radius 1 is 1.54 bits per heavy atom. The van der Waals surface area contributed by atoms with Gasteiger partial charge in [0.25, 0.3) is 0 Å². The Balaban J connectivity index is 2.45. The summed E-state index contributed by atoms with van der Waals surface area (Å²) in [5.41, 5.74) is 1.05. The highest BCUT2D eigenvalue weighted by atomic mass is 32.1. The fourth-order valence-electron chi connectivity index (χ4n) is 1.74. The summed E-state index contributed by atoms with van der Waals surface area (Å²) in [4.78, 5) is 16.8. The van der Waals surface area contributed by atoms with Crippen LogP contribution in [0, 0.1) is 13.8 Å². The Morgan fingerprint density at radius 3 is 2.62 bits per heavy atom. The van der Waals surface area contributed by atoms with E-state index in [4.69, 9.17) is 0 Å². The zero-order chi connectivity index (χ0) is 9.47. The summed E-state index contributed by atoms with van der Waals surface area (Å²) in [6.45, 7) is 4.18. The summed E-state index contributed by atoms with van der Waals surface area (Å²) in [6, 6.07) is 2.15. The summed E-state index contributed by atoms with van der Waals surface area (Å²) in [7, 11) is 0. The van der Waals surface area contributed by atoms with Crippen molar-refractivity contribution in [2.45, 2.75) is 32.2 Å². The van der Waals surface area contributed by atoms with Crippen LogP contribution >= 0.6 is 11.3 Å². The minimum atomic E-state index is -0.184. The molecule has 1 fully saturated rings. The van der Waals surface area contributed by atoms with Gasteiger partial charge in [0.05, 0.1) is 5.54 Å². The largest absolute Gasteiger partial charge is 0.235 e. The minimum absolute atomic E-state index is 0.184. The second kappa shape index (κ2) is 2.79. The van der Waals surface area contributed by atoms with E-state index in [-0.39, 0.29) is 5.54 Å². The molecule has 13 heavy (non-hydrogen) atoms. The third-order valence-corrected chi connectivity index (χ3v) is 3.49. The molecule has 0 aliphatic heterocycles. The van der Waals surface area contributed by atoms with Crippen LogP contribution in [0.3, 0.4) is 0 Å². The molecule has 0 unspecified atom stereocenters. The molecule has 2 rings (SSSR count). The molecule has 0 aromatic carbocycles. The first-order chi connectivity index (χ1) is 6.18. The third-order valence-electron chi connectivity index (χ3n) is 2.53. The predicted molar refractivity (Wildman–Crippen MR) is 52.8 cm³/mol. The Bertz CT molecular complexity index is 384. The van der Waals surface area contributed by atoms with Crippen molar-refractivity contribution in [3.63, 3.8) is 0 Å². The molecule has 0 N–H and O–H groups in total. The van der Waals surface area contributed by atoms with Gasteiger partial charge in [-0.25, -0.2) is 4.79 Å². The van der Waals surface area contributed by atoms with Crippen molar-refractivity contribution in [1.82, 2.24) is 0 Å². The van der Waals surface area contributed by atoms with Crippen LogP contribution in [0.4, 0.5) is 0 Å². The molecule has 0 radical (unpaired) electrons. The molecule has 68 valence electrons. The van der Waals surface area contributed by atoms with E-state index in [1.54, 1.807) is 17.4 Å². The van der Waals surface area contributed by atoms with Crippen LogP contribution in [0.5, 0.6) is 0 Å². The smallest absolute Gasteiger partial charge is 0.211 e. The molecule has 1 aliphatic rings. The van der Waals surface area contributed by atoms with Crippen molar-refractivity contribution in [2.75, 3.05) is 0 Å². The monoisotopic (exact) mass is 193 g/mol. The molecule has 0 atom stereocenters. The average Bonchev–Trinajstić information content (AvgIpc) is 2.74. The van der Waals surface area contributed by atoms with Crippen LogP contribution in [0.1, 0.15) is 28.2 Å². The van der Waals surface area contributed by atoms with Gasteiger partial charge in [-0.3, -0.25) is 0 Å². The number of nitrogens with zero attached hydrogens (tertiary/aromatic N) is 1. The highest BCUT2D eigenvalue weighted by Crippen LogP contribution is 2.51. The van der Waals surface area contributed by atoms with E-state index in [9.17, 15) is 4.79 Å². The summed E-state index contributed by atoms with van der Waals surface area (Å²) in [5.74, 6) is 0. The molecule has 1 aromatic rings. The molecule has 1 aromatic heterocycles. The van der Waals surface area contributed by atoms with Crippen LogP contribution in [0.2, 0.25) is 0 Å². The maximum absolute atomic E-state index is 10.3. The number of carbonyl (C=O) groups excluding carboxylic acids is 1. The molecule has 2 nitrogen and oxygen atoms in total. The van der Waals surface area contributed by atoms with Crippen molar-refractivity contribution < 1.29 is 4.79 Å². The van der Waals surface area contributed by atoms with Crippen molar-refractivity contribution in [2.24, 2.45) is 4.99 Å². The molecule has 3 heteroatoms. The number of hydrogen-bond donors (Lipinski definition) is 0. The third kappa shape index (κ3) is 1.34. The Labute approximate surface area is 81.3 Å². The molecule has 1 saturated carbocycles. The van der Waals surface area contributed by atoms with E-state index in [2.05, 4.69) is 24.9 Å². The van der Waals surface area contributed by atoms with Gasteiger partial charge in [-0.2, -0.15) is 4.99 Å². The van der Waals surface area contributed by atoms with E-state index >= 15 is 0 Å². The highest BCUT2D eigenvalue weighted by Gasteiger charge is 2.46. The zero-order valence-electron chi connectivity index (χ0n) is 7.76. The van der Waals surface area contributed by atoms with Gasteiger partial charge in [0, 0.05) is 9.75 Å². The number of rotatable bonds is 2. The molecule has 0 bridgehead atoms. The first-order valence-corrected chi connectivity index (χ1v) is 5.16. The SMILES string of the molecule is Cc1cc(C2(N=C=O)CC2)c(C)s1. The minimum Gasteiger partial charge on any atom is -0.211 e. The quantitative estimate of drug-likeness (QED) is 0.524. The topological polar surface area (TPSA) is 29.4 Å². The predicted octanol–water partition coefficient (Wildman–Crippen LogP) is 2.69. The summed E-state index contributed by atoms with van der Waals surface area (Å²) in [5, 5.41) is 0. The number of isocyanates is 1. The Hall–Kier alpha value is -0.920. The van der Waals surface area contributed by atoms with E-state index in [1.165, 1.54) is 15.3 Å². The van der Waals surface area contributed by atoms with E-state index in [0.717, 1.165) is 12.8 Å². The van der Waals surface area contributed by atoms with Gasteiger partial charge >= 0.3 is 0 Å². The maximum atomic E-state index is 10.3. The van der Waals surface area contributed by atoms with Gasteiger partial charge in [0.15, 0.2) is 0 Å². The molecule has 0 amide bonds. The van der Waals surface area contributed by atoms with Crippen LogP contribution in [0.15, 0.2) is 11.1 Å². The molecular formula is C10H11NOS. The molecule has 1 aliphatic carbocycles. The van der Waals surface area contributed by atoms with Crippen LogP contribution in [-0.4, -0.2) is 6.08 Å². The Kier molecular flexibility index (Phi) is 1.86. The fourth-order valence-corrected chi connectivity index (χ4v) is 2.76. The van der Waals surface area contributed by atoms with E-state index in [1.807, 2.05) is 0 Å². The maximum Gasteiger partial charge on any atom is 0.235 e. The fraction of sp³-hybridized carbons (Fsp3) is 0.500. The lowest BCUT2D eigenvalue weighted by atomic mass is 10.1. The lowest BCUT2D eigenvalue weighted by Gasteiger charge is -2.05. The van der Waals surface area contributed by atoms with Gasteiger partial charge in [0.2, 0.25) is 6.08 Å². The lowest BCUT2D eigenvalue weighted by molar-refractivity contribution is 0.556. The summed E-state index contributed by atoms with van der Waals surface area (Å²) in [6.07, 6.45) is 3.68. The van der Waals surface area contributed by atoms with Crippen LogP contribution in [-0.2, 0) is 10.3 Å². The molecular weight excluding hydrogens is 182 g/mol. The Morgan fingerprint density at radius 2 is 2.23 bits per heavy atom. The second-order valence-corrected chi connectivity index (χ2v) is 5.02. The van der Waals surface area contributed by atoms with E-state index < -0.39 is 0 Å². The summed E-state index contributed by atoms with van der Waals surface area (Å²) < 4.78 is 0. The normalized spacial score (nSPS) is 18.0. The lowest BCUT2D eigenvalue weighted by Crippen LogP contribution is -2.01. The first kappa shape index (κ1) is 8.67. The van der Waals surface area contributed by atoms with Gasteiger partial charge in [-0.15, -0.1) is 11.3 Å². The van der Waals surface area contributed by atoms with Gasteiger partial charge in [-0.1, -0.05) is 0 Å². The van der Waals surface area contributed by atoms with Crippen molar-refractivity contribution in [1.29, 1.82) is 0 Å². The van der Waals surface area contributed by atoms with Crippen molar-refractivity contribution in [3.8, 4) is 0 Å². The highest BCUT2D eigenvalue weighted by molar-refractivity contribution is 7.12. The van der Waals surface area contributed by atoms with Crippen LogP contribution in [0.25, 0.3) is 0 Å². The number of hydrogen-bond acceptors (Lipinski definition) is 3. The van der Waals surface area contributed by atoms with Gasteiger partial charge in [0.1, 0.15) is 0 Å². The standard InChI is InChI=1S/C10H11NOS/c1-7-5-9(8(2)13-7)10(3-4-10)11-6-12/h5H,3-4H2,1-2H3. The average molecular weight is 193 g/mol. The molecule has 0 saturated heterocycles. The first-order valence-electron chi connectivity index (χ1n) is 4.34. The number of aliphatic imine (C=N–C) groups is 1. The zero-order valence-corrected chi connectivity index (χ0v) is 8.57. The molecule has 0 spiro atoms. The number of thiophene rings is 1. The van der Waals surface area contributed by atoms with E-state index in [0.29, 0.717) is 0 Å². The number of aryl methyl sites for hydroxylation is 2. The van der Waals surface area contributed by atoms with Crippen molar-refractivity contribution >= 4 is 17.4 Å². The second-order valence-electron chi connectivity index (χ2n) is 3.56. The van der Waals surface area contributed by atoms with Gasteiger partial charge < -0.3 is 0 Å².